The van der Waals surface area contributed by atoms with Gasteiger partial charge in [0, 0.05) is 25.3 Å². The molecule has 2 nitrogen and oxygen atoms in total. The Bertz CT molecular complexity index is 331. The molecule has 1 saturated heterocycles. The van der Waals surface area contributed by atoms with Gasteiger partial charge in [0.1, 0.15) is 0 Å². The van der Waals surface area contributed by atoms with Crippen molar-refractivity contribution >= 4 is 18.1 Å². The number of aryl methyl sites for hydroxylation is 2. The molecule has 0 radical (unpaired) electrons. The lowest BCUT2D eigenvalue weighted by molar-refractivity contribution is 0.724. The van der Waals surface area contributed by atoms with E-state index in [1.165, 1.54) is 29.8 Å². The molecule has 1 heterocycles. The molecule has 3 heteroatoms. The van der Waals surface area contributed by atoms with Crippen LogP contribution in [0.25, 0.3) is 0 Å². The van der Waals surface area contributed by atoms with Crippen LogP contribution in [0.3, 0.4) is 0 Å². The van der Waals surface area contributed by atoms with Crippen molar-refractivity contribution in [1.29, 1.82) is 0 Å². The zero-order valence-corrected chi connectivity index (χ0v) is 10.9. The summed E-state index contributed by atoms with van der Waals surface area (Å²) in [6.45, 7) is 8.93. The molecular weight excluding hydrogens is 220 g/mol. The van der Waals surface area contributed by atoms with Gasteiger partial charge >= 0.3 is 0 Å². The predicted octanol–water partition coefficient (Wildman–Crippen LogP) is 2.52. The van der Waals surface area contributed by atoms with Crippen LogP contribution in [-0.4, -0.2) is 26.2 Å². The smallest absolute Gasteiger partial charge is 0.0396 e. The molecule has 0 amide bonds. The normalized spacial score (nSPS) is 16.5. The van der Waals surface area contributed by atoms with E-state index in [0.29, 0.717) is 0 Å². The van der Waals surface area contributed by atoms with E-state index in [4.69, 9.17) is 0 Å². The molecule has 1 aromatic carbocycles. The highest BCUT2D eigenvalue weighted by molar-refractivity contribution is 5.85. The van der Waals surface area contributed by atoms with Crippen molar-refractivity contribution in [3.8, 4) is 0 Å². The fourth-order valence-electron chi connectivity index (χ4n) is 2.25. The van der Waals surface area contributed by atoms with E-state index in [2.05, 4.69) is 42.3 Å². The molecule has 0 atom stereocenters. The van der Waals surface area contributed by atoms with Crippen LogP contribution in [0.5, 0.6) is 0 Å². The molecule has 1 N–H and O–H groups in total. The Morgan fingerprint density at radius 1 is 1.12 bits per heavy atom. The summed E-state index contributed by atoms with van der Waals surface area (Å²) in [6.07, 6.45) is 1.24. The van der Waals surface area contributed by atoms with Crippen LogP contribution in [-0.2, 0) is 0 Å². The lowest BCUT2D eigenvalue weighted by atomic mass is 10.1. The molecular formula is C13H21ClN2. The molecule has 2 rings (SSSR count). The Hall–Kier alpha value is -0.730. The van der Waals surface area contributed by atoms with Crippen LogP contribution in [0.15, 0.2) is 18.2 Å². The predicted molar refractivity (Wildman–Crippen MR) is 72.9 cm³/mol. The monoisotopic (exact) mass is 240 g/mol. The lowest BCUT2D eigenvalue weighted by Gasteiger charge is -2.24. The first-order chi connectivity index (χ1) is 7.27. The van der Waals surface area contributed by atoms with Crippen molar-refractivity contribution in [3.63, 3.8) is 0 Å². The zero-order chi connectivity index (χ0) is 10.7. The van der Waals surface area contributed by atoms with Crippen molar-refractivity contribution < 1.29 is 0 Å². The minimum Gasteiger partial charge on any atom is -0.370 e. The summed E-state index contributed by atoms with van der Waals surface area (Å²) in [5, 5.41) is 3.44. The van der Waals surface area contributed by atoms with Gasteiger partial charge in [0.15, 0.2) is 0 Å². The van der Waals surface area contributed by atoms with E-state index in [0.717, 1.165) is 19.6 Å². The number of hydrogen-bond donors (Lipinski definition) is 1. The zero-order valence-electron chi connectivity index (χ0n) is 10.1. The standard InChI is InChI=1S/C13H20N2.ClH/c1-11-4-5-13(12(2)10-11)15-8-3-6-14-7-9-15;/h4-5,10,14H,3,6-9H2,1-2H3;1H. The number of anilines is 1. The highest BCUT2D eigenvalue weighted by Gasteiger charge is 2.10. The molecule has 0 aliphatic carbocycles. The number of benzene rings is 1. The Morgan fingerprint density at radius 3 is 2.69 bits per heavy atom. The van der Waals surface area contributed by atoms with Crippen LogP contribution in [0.1, 0.15) is 17.5 Å². The van der Waals surface area contributed by atoms with Gasteiger partial charge in [0.2, 0.25) is 0 Å². The van der Waals surface area contributed by atoms with E-state index in [1.807, 2.05) is 0 Å². The van der Waals surface area contributed by atoms with Crippen LogP contribution in [0, 0.1) is 13.8 Å². The van der Waals surface area contributed by atoms with Crippen LogP contribution in [0.4, 0.5) is 5.69 Å². The van der Waals surface area contributed by atoms with Gasteiger partial charge in [-0.2, -0.15) is 0 Å². The Balaban J connectivity index is 0.00000128. The molecule has 1 aromatic rings. The summed E-state index contributed by atoms with van der Waals surface area (Å²) in [6, 6.07) is 6.74. The summed E-state index contributed by atoms with van der Waals surface area (Å²) in [5.41, 5.74) is 4.16. The topological polar surface area (TPSA) is 15.3 Å². The average molecular weight is 241 g/mol. The summed E-state index contributed by atoms with van der Waals surface area (Å²) >= 11 is 0. The minimum absolute atomic E-state index is 0. The fraction of sp³-hybridized carbons (Fsp3) is 0.538. The first-order valence-electron chi connectivity index (χ1n) is 5.80. The van der Waals surface area contributed by atoms with Gasteiger partial charge in [-0.3, -0.25) is 0 Å². The highest BCUT2D eigenvalue weighted by Crippen LogP contribution is 2.21. The highest BCUT2D eigenvalue weighted by atomic mass is 35.5. The van der Waals surface area contributed by atoms with Crippen molar-refractivity contribution in [3.05, 3.63) is 29.3 Å². The summed E-state index contributed by atoms with van der Waals surface area (Å²) in [7, 11) is 0. The van der Waals surface area contributed by atoms with Crippen molar-refractivity contribution in [1.82, 2.24) is 5.32 Å². The second-order valence-electron chi connectivity index (χ2n) is 4.38. The SMILES string of the molecule is Cc1ccc(N2CCCNCC2)c(C)c1.Cl. The van der Waals surface area contributed by atoms with E-state index in [9.17, 15) is 0 Å². The molecule has 0 saturated carbocycles. The maximum absolute atomic E-state index is 3.44. The first kappa shape index (κ1) is 13.3. The summed E-state index contributed by atoms with van der Waals surface area (Å²) < 4.78 is 0. The Labute approximate surface area is 104 Å². The Kier molecular flexibility index (Phi) is 5.10. The fourth-order valence-corrected chi connectivity index (χ4v) is 2.25. The minimum atomic E-state index is 0. The number of nitrogens with zero attached hydrogens (tertiary/aromatic N) is 1. The van der Waals surface area contributed by atoms with Crippen LogP contribution >= 0.6 is 12.4 Å². The number of rotatable bonds is 1. The second-order valence-corrected chi connectivity index (χ2v) is 4.38. The molecule has 90 valence electrons. The third-order valence-electron chi connectivity index (χ3n) is 3.03. The van der Waals surface area contributed by atoms with Crippen LogP contribution in [0.2, 0.25) is 0 Å². The van der Waals surface area contributed by atoms with Gasteiger partial charge in [-0.25, -0.2) is 0 Å². The maximum atomic E-state index is 3.44. The largest absolute Gasteiger partial charge is 0.370 e. The number of halogens is 1. The quantitative estimate of drug-likeness (QED) is 0.812. The summed E-state index contributed by atoms with van der Waals surface area (Å²) in [4.78, 5) is 2.49. The molecule has 0 spiro atoms. The average Bonchev–Trinajstić information content (AvgIpc) is 2.46. The van der Waals surface area contributed by atoms with Gasteiger partial charge in [0.05, 0.1) is 0 Å². The molecule has 16 heavy (non-hydrogen) atoms. The molecule has 0 aromatic heterocycles. The number of hydrogen-bond acceptors (Lipinski definition) is 2. The van der Waals surface area contributed by atoms with Gasteiger partial charge in [-0.1, -0.05) is 17.7 Å². The van der Waals surface area contributed by atoms with Gasteiger partial charge in [-0.15, -0.1) is 12.4 Å². The third kappa shape index (κ3) is 3.13. The molecule has 1 aliphatic rings. The van der Waals surface area contributed by atoms with Crippen molar-refractivity contribution in [2.24, 2.45) is 0 Å². The van der Waals surface area contributed by atoms with Crippen molar-refractivity contribution in [2.75, 3.05) is 31.1 Å². The lowest BCUT2D eigenvalue weighted by Crippen LogP contribution is -2.28. The molecule has 0 bridgehead atoms. The van der Waals surface area contributed by atoms with Gasteiger partial charge in [0.25, 0.3) is 0 Å². The van der Waals surface area contributed by atoms with Crippen molar-refractivity contribution in [2.45, 2.75) is 20.3 Å². The van der Waals surface area contributed by atoms with Gasteiger partial charge in [-0.05, 0) is 38.4 Å². The van der Waals surface area contributed by atoms with E-state index in [1.54, 1.807) is 0 Å². The van der Waals surface area contributed by atoms with E-state index >= 15 is 0 Å². The van der Waals surface area contributed by atoms with E-state index in [-0.39, 0.29) is 12.4 Å². The molecule has 1 fully saturated rings. The third-order valence-corrected chi connectivity index (χ3v) is 3.03. The molecule has 0 unspecified atom stereocenters. The maximum Gasteiger partial charge on any atom is 0.0396 e. The van der Waals surface area contributed by atoms with Crippen LogP contribution < -0.4 is 10.2 Å². The van der Waals surface area contributed by atoms with E-state index < -0.39 is 0 Å². The second kappa shape index (κ2) is 6.12. The van der Waals surface area contributed by atoms with Gasteiger partial charge < -0.3 is 10.2 Å². The summed E-state index contributed by atoms with van der Waals surface area (Å²) in [5.74, 6) is 0. The number of nitrogens with one attached hydrogen (secondary N) is 1. The Morgan fingerprint density at radius 2 is 1.94 bits per heavy atom. The molecule has 1 aliphatic heterocycles. The first-order valence-corrected chi connectivity index (χ1v) is 5.80.